The van der Waals surface area contributed by atoms with Crippen LogP contribution in [0.5, 0.6) is 0 Å². The third kappa shape index (κ3) is 1.31. The zero-order chi connectivity index (χ0) is 9.42. The van der Waals surface area contributed by atoms with E-state index in [-0.39, 0.29) is 5.69 Å². The molecule has 5 nitrogen and oxygen atoms in total. The first-order valence-corrected chi connectivity index (χ1v) is 3.89. The van der Waals surface area contributed by atoms with Gasteiger partial charge in [-0.15, -0.1) is 0 Å². The monoisotopic (exact) mass is 194 g/mol. The van der Waals surface area contributed by atoms with E-state index in [1.54, 1.807) is 6.07 Å². The molecule has 0 spiro atoms. The van der Waals surface area contributed by atoms with Crippen LogP contribution < -0.4 is 0 Å². The fourth-order valence-electron chi connectivity index (χ4n) is 1.09. The third-order valence-electron chi connectivity index (χ3n) is 1.65. The molecule has 2 rings (SSSR count). The summed E-state index contributed by atoms with van der Waals surface area (Å²) in [5.74, 6) is 0. The molecule has 0 saturated carbocycles. The molecule has 0 bridgehead atoms. The van der Waals surface area contributed by atoms with Crippen LogP contribution in [-0.4, -0.2) is 14.9 Å². The van der Waals surface area contributed by atoms with Crippen molar-refractivity contribution in [2.24, 2.45) is 0 Å². The minimum absolute atomic E-state index is 0.0335. The van der Waals surface area contributed by atoms with E-state index in [4.69, 9.17) is 12.6 Å². The average Bonchev–Trinajstić information content (AvgIpc) is 2.42. The molecule has 1 aromatic heterocycles. The first-order valence-electron chi connectivity index (χ1n) is 3.48. The van der Waals surface area contributed by atoms with Crippen LogP contribution in [0.1, 0.15) is 0 Å². The predicted molar refractivity (Wildman–Crippen MR) is 48.4 cm³/mol. The number of hydrogen-bond donors (Lipinski definition) is 1. The van der Waals surface area contributed by atoms with Crippen LogP contribution in [0.2, 0.25) is 0 Å². The number of aromatic nitrogens is 2. The molecule has 1 N–H and O–H groups in total. The number of imidazole rings is 1. The number of benzene rings is 1. The topological polar surface area (TPSA) is 71.8 Å². The first-order chi connectivity index (χ1) is 6.16. The molecular weight excluding hydrogens is 190 g/mol. The highest BCUT2D eigenvalue weighted by Gasteiger charge is 2.06. The molecular formula is C7H4N3O2S-. The lowest BCUT2D eigenvalue weighted by atomic mass is 10.3. The molecule has 0 radical (unpaired) electrons. The van der Waals surface area contributed by atoms with Crippen molar-refractivity contribution in [3.05, 3.63) is 28.3 Å². The molecule has 0 amide bonds. The standard InChI is InChI=1S/C7H5N3O2S/c11-10(12)4-1-2-5-6(3-4)9-7(13)8-5/h1-3H,(H2,8,9,13)/p-1. The molecule has 0 saturated heterocycles. The summed E-state index contributed by atoms with van der Waals surface area (Å²) in [6.45, 7) is 0. The quantitative estimate of drug-likeness (QED) is 0.423. The van der Waals surface area contributed by atoms with Crippen LogP contribution in [0.25, 0.3) is 11.0 Å². The molecule has 2 aromatic rings. The molecule has 13 heavy (non-hydrogen) atoms. The van der Waals surface area contributed by atoms with Crippen molar-refractivity contribution in [1.29, 1.82) is 0 Å². The lowest BCUT2D eigenvalue weighted by molar-refractivity contribution is -0.384. The van der Waals surface area contributed by atoms with Gasteiger partial charge in [0.15, 0.2) is 0 Å². The Kier molecular flexibility index (Phi) is 1.63. The second-order valence-electron chi connectivity index (χ2n) is 2.50. The van der Waals surface area contributed by atoms with Gasteiger partial charge in [0.2, 0.25) is 0 Å². The predicted octanol–water partition coefficient (Wildman–Crippen LogP) is 1.38. The second-order valence-corrected chi connectivity index (χ2v) is 2.89. The van der Waals surface area contributed by atoms with Gasteiger partial charge in [-0.2, -0.15) is 0 Å². The van der Waals surface area contributed by atoms with E-state index in [0.717, 1.165) is 0 Å². The van der Waals surface area contributed by atoms with Gasteiger partial charge in [-0.05, 0) is 11.2 Å². The molecule has 0 atom stereocenters. The SMILES string of the molecule is O=[N+]([O-])c1ccc2nc([S-])[nH]c2c1. The summed E-state index contributed by atoms with van der Waals surface area (Å²) in [7, 11) is 0. The number of nitrogens with one attached hydrogen (secondary N) is 1. The van der Waals surface area contributed by atoms with E-state index in [9.17, 15) is 10.1 Å². The Morgan fingerprint density at radius 1 is 1.54 bits per heavy atom. The van der Waals surface area contributed by atoms with Crippen LogP contribution in [0.3, 0.4) is 0 Å². The molecule has 0 unspecified atom stereocenters. The van der Waals surface area contributed by atoms with Crippen LogP contribution in [-0.2, 0) is 12.6 Å². The average molecular weight is 194 g/mol. The summed E-state index contributed by atoms with van der Waals surface area (Å²) in [4.78, 5) is 16.6. The number of hydrogen-bond acceptors (Lipinski definition) is 4. The van der Waals surface area contributed by atoms with Gasteiger partial charge in [-0.25, -0.2) is 0 Å². The van der Waals surface area contributed by atoms with E-state index in [1.165, 1.54) is 12.1 Å². The normalized spacial score (nSPS) is 10.5. The molecule has 0 aliphatic rings. The van der Waals surface area contributed by atoms with Crippen molar-refractivity contribution in [2.75, 3.05) is 0 Å². The van der Waals surface area contributed by atoms with Crippen molar-refractivity contribution in [1.82, 2.24) is 9.97 Å². The molecule has 0 aliphatic carbocycles. The Morgan fingerprint density at radius 2 is 2.31 bits per heavy atom. The van der Waals surface area contributed by atoms with Gasteiger partial charge < -0.3 is 17.6 Å². The number of non-ortho nitro benzene ring substituents is 1. The minimum Gasteiger partial charge on any atom is -0.742 e. The molecule has 0 aliphatic heterocycles. The van der Waals surface area contributed by atoms with Crippen molar-refractivity contribution in [3.8, 4) is 0 Å². The van der Waals surface area contributed by atoms with E-state index in [1.807, 2.05) is 0 Å². The highest BCUT2D eigenvalue weighted by molar-refractivity contribution is 7.58. The Hall–Kier alpha value is -1.69. The van der Waals surface area contributed by atoms with Crippen LogP contribution in [0.15, 0.2) is 23.4 Å². The number of nitro benzene ring substituents is 1. The zero-order valence-electron chi connectivity index (χ0n) is 6.35. The lowest BCUT2D eigenvalue weighted by Gasteiger charge is -1.91. The summed E-state index contributed by atoms with van der Waals surface area (Å²) in [6.07, 6.45) is 0. The van der Waals surface area contributed by atoms with Gasteiger partial charge in [0.1, 0.15) is 0 Å². The van der Waals surface area contributed by atoms with Gasteiger partial charge in [0.05, 0.1) is 16.0 Å². The smallest absolute Gasteiger partial charge is 0.271 e. The minimum atomic E-state index is -0.455. The summed E-state index contributed by atoms with van der Waals surface area (Å²) >= 11 is 4.79. The van der Waals surface area contributed by atoms with Crippen LogP contribution >= 0.6 is 0 Å². The molecule has 6 heteroatoms. The Balaban J connectivity index is 2.67. The Labute approximate surface area is 78.3 Å². The summed E-state index contributed by atoms with van der Waals surface area (Å²) in [6, 6.07) is 4.38. The maximum atomic E-state index is 10.4. The fourth-order valence-corrected chi connectivity index (χ4v) is 1.30. The number of aromatic amines is 1. The van der Waals surface area contributed by atoms with Crippen molar-refractivity contribution < 1.29 is 4.92 Å². The summed E-state index contributed by atoms with van der Waals surface area (Å²) < 4.78 is 0. The molecule has 1 heterocycles. The van der Waals surface area contributed by atoms with Crippen molar-refractivity contribution in [3.63, 3.8) is 0 Å². The number of fused-ring (bicyclic) bond motifs is 1. The molecule has 1 aromatic carbocycles. The van der Waals surface area contributed by atoms with Crippen LogP contribution in [0, 0.1) is 10.1 Å². The number of nitro groups is 1. The molecule has 66 valence electrons. The van der Waals surface area contributed by atoms with Gasteiger partial charge in [-0.3, -0.25) is 15.1 Å². The maximum absolute atomic E-state index is 10.4. The Bertz CT molecular complexity index is 480. The van der Waals surface area contributed by atoms with Gasteiger partial charge >= 0.3 is 0 Å². The summed E-state index contributed by atoms with van der Waals surface area (Å²) in [5.41, 5.74) is 1.28. The summed E-state index contributed by atoms with van der Waals surface area (Å²) in [5, 5.41) is 10.7. The highest BCUT2D eigenvalue weighted by Crippen LogP contribution is 2.18. The largest absolute Gasteiger partial charge is 0.742 e. The maximum Gasteiger partial charge on any atom is 0.271 e. The second kappa shape index (κ2) is 2.67. The van der Waals surface area contributed by atoms with E-state index >= 15 is 0 Å². The van der Waals surface area contributed by atoms with E-state index < -0.39 is 4.92 Å². The highest BCUT2D eigenvalue weighted by atomic mass is 32.1. The van der Waals surface area contributed by atoms with Crippen LogP contribution in [0.4, 0.5) is 5.69 Å². The van der Waals surface area contributed by atoms with E-state index in [0.29, 0.717) is 16.2 Å². The van der Waals surface area contributed by atoms with E-state index in [2.05, 4.69) is 9.97 Å². The fraction of sp³-hybridized carbons (Fsp3) is 0. The number of H-pyrrole nitrogens is 1. The number of nitrogens with zero attached hydrogens (tertiary/aromatic N) is 2. The lowest BCUT2D eigenvalue weighted by Crippen LogP contribution is -1.86. The van der Waals surface area contributed by atoms with Gasteiger partial charge in [0, 0.05) is 12.1 Å². The Morgan fingerprint density at radius 3 is 3.00 bits per heavy atom. The first kappa shape index (κ1) is 7.93. The van der Waals surface area contributed by atoms with Gasteiger partial charge in [0.25, 0.3) is 5.69 Å². The van der Waals surface area contributed by atoms with Gasteiger partial charge in [-0.1, -0.05) is 0 Å². The van der Waals surface area contributed by atoms with Crippen molar-refractivity contribution >= 4 is 29.3 Å². The molecule has 0 fully saturated rings. The van der Waals surface area contributed by atoms with Crippen molar-refractivity contribution in [2.45, 2.75) is 5.16 Å². The third-order valence-corrected chi connectivity index (χ3v) is 1.85. The zero-order valence-corrected chi connectivity index (χ0v) is 7.17. The number of rotatable bonds is 1.